The Balaban J connectivity index is 2.41. The summed E-state index contributed by atoms with van der Waals surface area (Å²) < 4.78 is 5.87. The van der Waals surface area contributed by atoms with E-state index in [0.717, 1.165) is 26.1 Å². The number of aryl methyl sites for hydroxylation is 1. The van der Waals surface area contributed by atoms with Crippen molar-refractivity contribution < 1.29 is 4.74 Å². The van der Waals surface area contributed by atoms with Crippen molar-refractivity contribution in [3.8, 4) is 0 Å². The Kier molecular flexibility index (Phi) is 7.56. The molecule has 0 spiro atoms. The summed E-state index contributed by atoms with van der Waals surface area (Å²) in [6.07, 6.45) is 3.90. The van der Waals surface area contributed by atoms with Crippen LogP contribution in [-0.4, -0.2) is 12.6 Å². The topological polar surface area (TPSA) is 21.3 Å². The van der Waals surface area contributed by atoms with Crippen molar-refractivity contribution in [2.45, 2.75) is 66.2 Å². The molecule has 1 aromatic heterocycles. The first-order valence-corrected chi connectivity index (χ1v) is 7.89. The van der Waals surface area contributed by atoms with E-state index in [1.54, 1.807) is 0 Å². The number of ether oxygens (including phenoxy) is 1. The van der Waals surface area contributed by atoms with Gasteiger partial charge in [-0.05, 0) is 44.9 Å². The molecule has 0 aliphatic rings. The van der Waals surface area contributed by atoms with E-state index < -0.39 is 0 Å². The number of thiophene rings is 1. The molecule has 3 heteroatoms. The summed E-state index contributed by atoms with van der Waals surface area (Å²) in [4.78, 5) is 2.81. The Bertz CT molecular complexity index is 335. The van der Waals surface area contributed by atoms with E-state index in [-0.39, 0.29) is 0 Å². The minimum Gasteiger partial charge on any atom is -0.374 e. The van der Waals surface area contributed by atoms with E-state index in [4.69, 9.17) is 4.74 Å². The van der Waals surface area contributed by atoms with Crippen LogP contribution in [0.3, 0.4) is 0 Å². The minimum atomic E-state index is 0.371. The average molecular weight is 269 g/mol. The van der Waals surface area contributed by atoms with E-state index in [9.17, 15) is 0 Å². The van der Waals surface area contributed by atoms with Gasteiger partial charge in [-0.25, -0.2) is 0 Å². The molecule has 1 rings (SSSR count). The molecule has 2 nitrogen and oxygen atoms in total. The third-order valence-electron chi connectivity index (χ3n) is 3.02. The van der Waals surface area contributed by atoms with Crippen molar-refractivity contribution in [3.05, 3.63) is 21.4 Å². The lowest BCUT2D eigenvalue weighted by Crippen LogP contribution is -2.12. The summed E-state index contributed by atoms with van der Waals surface area (Å²) in [5.74, 6) is 0. The average Bonchev–Trinajstić information content (AvgIpc) is 2.68. The van der Waals surface area contributed by atoms with Crippen molar-refractivity contribution in [3.63, 3.8) is 0 Å². The SMILES string of the molecule is CCCNCc1cc(COC(C)CCC)c(C)s1. The summed E-state index contributed by atoms with van der Waals surface area (Å²) in [6.45, 7) is 11.6. The van der Waals surface area contributed by atoms with Crippen LogP contribution < -0.4 is 5.32 Å². The maximum atomic E-state index is 5.87. The normalized spacial score (nSPS) is 12.9. The lowest BCUT2D eigenvalue weighted by atomic mass is 10.2. The molecule has 0 amide bonds. The molecule has 0 radical (unpaired) electrons. The van der Waals surface area contributed by atoms with Gasteiger partial charge in [0.1, 0.15) is 0 Å². The Morgan fingerprint density at radius 2 is 2.11 bits per heavy atom. The molecule has 0 saturated carbocycles. The Labute approximate surface area is 116 Å². The molecule has 0 aliphatic carbocycles. The van der Waals surface area contributed by atoms with Crippen LogP contribution in [0.1, 0.15) is 55.4 Å². The van der Waals surface area contributed by atoms with Crippen molar-refractivity contribution in [2.75, 3.05) is 6.54 Å². The quantitative estimate of drug-likeness (QED) is 0.676. The van der Waals surface area contributed by atoms with Crippen LogP contribution in [0.15, 0.2) is 6.07 Å². The molecule has 18 heavy (non-hydrogen) atoms. The monoisotopic (exact) mass is 269 g/mol. The highest BCUT2D eigenvalue weighted by atomic mass is 32.1. The van der Waals surface area contributed by atoms with Gasteiger partial charge >= 0.3 is 0 Å². The van der Waals surface area contributed by atoms with Gasteiger partial charge in [0.15, 0.2) is 0 Å². The van der Waals surface area contributed by atoms with E-state index in [1.165, 1.54) is 28.2 Å². The van der Waals surface area contributed by atoms with Crippen LogP contribution >= 0.6 is 11.3 Å². The molecule has 1 unspecified atom stereocenters. The fourth-order valence-electron chi connectivity index (χ4n) is 1.93. The second-order valence-corrected chi connectivity index (χ2v) is 6.22. The van der Waals surface area contributed by atoms with Gasteiger partial charge < -0.3 is 10.1 Å². The van der Waals surface area contributed by atoms with Gasteiger partial charge in [-0.2, -0.15) is 0 Å². The molecule has 1 aromatic rings. The fraction of sp³-hybridized carbons (Fsp3) is 0.733. The molecule has 0 fully saturated rings. The van der Waals surface area contributed by atoms with Crippen molar-refractivity contribution in [2.24, 2.45) is 0 Å². The zero-order chi connectivity index (χ0) is 13.4. The highest BCUT2D eigenvalue weighted by molar-refractivity contribution is 7.12. The number of hydrogen-bond donors (Lipinski definition) is 1. The lowest BCUT2D eigenvalue weighted by molar-refractivity contribution is 0.0471. The zero-order valence-electron chi connectivity index (χ0n) is 12.2. The third kappa shape index (κ3) is 5.51. The minimum absolute atomic E-state index is 0.371. The zero-order valence-corrected chi connectivity index (χ0v) is 13.0. The molecule has 1 atom stereocenters. The van der Waals surface area contributed by atoms with Crippen LogP contribution in [-0.2, 0) is 17.9 Å². The van der Waals surface area contributed by atoms with Crippen LogP contribution in [0.5, 0.6) is 0 Å². The van der Waals surface area contributed by atoms with Gasteiger partial charge in [-0.15, -0.1) is 11.3 Å². The van der Waals surface area contributed by atoms with Gasteiger partial charge in [0.2, 0.25) is 0 Å². The number of rotatable bonds is 9. The Hall–Kier alpha value is -0.380. The highest BCUT2D eigenvalue weighted by Crippen LogP contribution is 2.23. The second kappa shape index (κ2) is 8.68. The molecule has 1 heterocycles. The van der Waals surface area contributed by atoms with Gasteiger partial charge in [-0.3, -0.25) is 0 Å². The summed E-state index contributed by atoms with van der Waals surface area (Å²) >= 11 is 1.89. The largest absolute Gasteiger partial charge is 0.374 e. The molecule has 104 valence electrons. The predicted molar refractivity (Wildman–Crippen MR) is 80.2 cm³/mol. The van der Waals surface area contributed by atoms with Gasteiger partial charge in [-0.1, -0.05) is 20.3 Å². The molecule has 0 aromatic carbocycles. The fourth-order valence-corrected chi connectivity index (χ4v) is 2.95. The van der Waals surface area contributed by atoms with Crippen LogP contribution in [0.4, 0.5) is 0 Å². The van der Waals surface area contributed by atoms with Crippen LogP contribution in [0.2, 0.25) is 0 Å². The standard InChI is InChI=1S/C15H27NOS/c1-5-7-12(3)17-11-14-9-15(18-13(14)4)10-16-8-6-2/h9,12,16H,5-8,10-11H2,1-4H3. The Morgan fingerprint density at radius 1 is 1.33 bits per heavy atom. The summed E-state index contributed by atoms with van der Waals surface area (Å²) in [5.41, 5.74) is 1.36. The summed E-state index contributed by atoms with van der Waals surface area (Å²) in [5, 5.41) is 3.45. The number of nitrogens with one attached hydrogen (secondary N) is 1. The summed E-state index contributed by atoms with van der Waals surface area (Å²) in [6, 6.07) is 2.29. The maximum Gasteiger partial charge on any atom is 0.0731 e. The highest BCUT2D eigenvalue weighted by Gasteiger charge is 2.07. The van der Waals surface area contributed by atoms with Crippen molar-refractivity contribution in [1.29, 1.82) is 0 Å². The first-order valence-electron chi connectivity index (χ1n) is 7.07. The molecule has 0 bridgehead atoms. The second-order valence-electron chi connectivity index (χ2n) is 4.88. The maximum absolute atomic E-state index is 5.87. The molecule has 0 aliphatic heterocycles. The van der Waals surface area contributed by atoms with E-state index >= 15 is 0 Å². The van der Waals surface area contributed by atoms with Crippen LogP contribution in [0.25, 0.3) is 0 Å². The third-order valence-corrected chi connectivity index (χ3v) is 4.11. The van der Waals surface area contributed by atoms with Gasteiger partial charge in [0.25, 0.3) is 0 Å². The molecular weight excluding hydrogens is 242 g/mol. The van der Waals surface area contributed by atoms with E-state index in [1.807, 2.05) is 11.3 Å². The summed E-state index contributed by atoms with van der Waals surface area (Å²) in [7, 11) is 0. The van der Waals surface area contributed by atoms with E-state index in [2.05, 4.69) is 39.1 Å². The molecule has 1 N–H and O–H groups in total. The molecule has 0 saturated heterocycles. The number of hydrogen-bond acceptors (Lipinski definition) is 3. The smallest absolute Gasteiger partial charge is 0.0731 e. The first-order chi connectivity index (χ1) is 8.67. The lowest BCUT2D eigenvalue weighted by Gasteiger charge is -2.11. The van der Waals surface area contributed by atoms with Crippen molar-refractivity contribution in [1.82, 2.24) is 5.32 Å². The predicted octanol–water partition coefficient (Wildman–Crippen LogP) is 4.26. The molecular formula is C15H27NOS. The van der Waals surface area contributed by atoms with Crippen LogP contribution in [0, 0.1) is 6.92 Å². The van der Waals surface area contributed by atoms with E-state index in [0.29, 0.717) is 6.10 Å². The van der Waals surface area contributed by atoms with Crippen molar-refractivity contribution >= 4 is 11.3 Å². The Morgan fingerprint density at radius 3 is 2.78 bits per heavy atom. The van der Waals surface area contributed by atoms with Gasteiger partial charge in [0.05, 0.1) is 12.7 Å². The van der Waals surface area contributed by atoms with Gasteiger partial charge in [0, 0.05) is 16.3 Å². The first kappa shape index (κ1) is 15.7.